The van der Waals surface area contributed by atoms with Gasteiger partial charge in [-0.05, 0) is 25.7 Å². The number of benzene rings is 4. The van der Waals surface area contributed by atoms with E-state index in [1.54, 1.807) is 0 Å². The van der Waals surface area contributed by atoms with Crippen molar-refractivity contribution in [3.05, 3.63) is 116 Å². The molecule has 0 heterocycles. The van der Waals surface area contributed by atoms with Gasteiger partial charge in [-0.3, -0.25) is 0 Å². The van der Waals surface area contributed by atoms with Crippen LogP contribution < -0.4 is 27.6 Å². The minimum atomic E-state index is -7.22. The van der Waals surface area contributed by atoms with Gasteiger partial charge in [0.05, 0.1) is 6.04 Å². The molecule has 0 radical (unpaired) electrons. The van der Waals surface area contributed by atoms with Crippen LogP contribution in [-0.4, -0.2) is 12.2 Å². The maximum Gasteiger partial charge on any atom is 0.200 e. The summed E-state index contributed by atoms with van der Waals surface area (Å²) in [4.78, 5) is 0. The van der Waals surface area contributed by atoms with Crippen LogP contribution in [0, 0.1) is 116 Å². The quantitative estimate of drug-likeness (QED) is 0.108. The largest absolute Gasteiger partial charge is 0.355 e. The Balaban J connectivity index is 0.000000771. The first-order valence-corrected chi connectivity index (χ1v) is 14.2. The molecular formula is C30H14BF20N. The van der Waals surface area contributed by atoms with Crippen LogP contribution in [0.5, 0.6) is 0 Å². The molecule has 3 N–H and O–H groups in total. The Hall–Kier alpha value is -4.50. The second kappa shape index (κ2) is 14.5. The van der Waals surface area contributed by atoms with Gasteiger partial charge in [-0.25, -0.2) is 87.8 Å². The molecule has 52 heavy (non-hydrogen) atoms. The number of hydrogen-bond donors (Lipinski definition) is 1. The molecule has 1 aliphatic rings. The van der Waals surface area contributed by atoms with Crippen molar-refractivity contribution in [3.63, 3.8) is 0 Å². The third-order valence-corrected chi connectivity index (χ3v) is 8.43. The van der Waals surface area contributed by atoms with Gasteiger partial charge in [0.15, 0.2) is 69.8 Å². The summed E-state index contributed by atoms with van der Waals surface area (Å²) in [5.41, 5.74) is -10.3. The zero-order valence-corrected chi connectivity index (χ0v) is 25.0. The maximum absolute atomic E-state index is 15.4. The maximum atomic E-state index is 15.4. The van der Waals surface area contributed by atoms with E-state index in [4.69, 9.17) is 0 Å². The molecule has 1 fully saturated rings. The van der Waals surface area contributed by atoms with E-state index >= 15 is 35.1 Å². The van der Waals surface area contributed by atoms with E-state index < -0.39 is 144 Å². The van der Waals surface area contributed by atoms with Crippen molar-refractivity contribution in [2.24, 2.45) is 0 Å². The molecule has 282 valence electrons. The highest BCUT2D eigenvalue weighted by Crippen LogP contribution is 2.30. The monoisotopic (exact) mass is 779 g/mol. The fourth-order valence-corrected chi connectivity index (χ4v) is 6.06. The van der Waals surface area contributed by atoms with Crippen LogP contribution in [0.1, 0.15) is 32.1 Å². The average Bonchev–Trinajstić information content (AvgIpc) is 3.12. The molecule has 1 nitrogen and oxygen atoms in total. The van der Waals surface area contributed by atoms with Gasteiger partial charge in [-0.15, -0.1) is 21.9 Å². The molecule has 0 saturated heterocycles. The molecule has 22 heteroatoms. The Labute approximate surface area is 276 Å². The van der Waals surface area contributed by atoms with Crippen molar-refractivity contribution in [3.8, 4) is 0 Å². The van der Waals surface area contributed by atoms with Gasteiger partial charge >= 0.3 is 0 Å². The highest BCUT2D eigenvalue weighted by molar-refractivity contribution is 7.20. The zero-order chi connectivity index (χ0) is 39.5. The first-order chi connectivity index (χ1) is 24.1. The van der Waals surface area contributed by atoms with Crippen molar-refractivity contribution in [1.82, 2.24) is 0 Å². The Morgan fingerprint density at radius 3 is 0.558 bits per heavy atom. The SMILES string of the molecule is Fc1c(F)c(F)c([B-](c2c(F)c(F)c(F)c(F)c2F)(c2c(F)c(F)c(F)c(F)c2F)c2c(F)c(F)c(F)c(F)c2F)c(F)c1F.[NH3+]C1CCCCC1. The molecule has 0 atom stereocenters. The normalized spacial score (nSPS) is 13.8. The fraction of sp³-hybridized carbons (Fsp3) is 0.200. The van der Waals surface area contributed by atoms with Gasteiger partial charge in [0, 0.05) is 0 Å². The van der Waals surface area contributed by atoms with Crippen molar-refractivity contribution < 1.29 is 93.5 Å². The van der Waals surface area contributed by atoms with E-state index in [9.17, 15) is 52.7 Å². The lowest BCUT2D eigenvalue weighted by atomic mass is 9.12. The van der Waals surface area contributed by atoms with Crippen molar-refractivity contribution in [2.45, 2.75) is 38.1 Å². The summed E-state index contributed by atoms with van der Waals surface area (Å²) in [5, 5.41) is 0. The molecule has 0 unspecified atom stereocenters. The fourth-order valence-electron chi connectivity index (χ4n) is 6.06. The van der Waals surface area contributed by atoms with Gasteiger partial charge in [0.2, 0.25) is 0 Å². The molecule has 1 saturated carbocycles. The smallest absolute Gasteiger partial charge is 0.200 e. The van der Waals surface area contributed by atoms with Crippen LogP contribution in [0.2, 0.25) is 0 Å². The number of quaternary nitrogens is 1. The highest BCUT2D eigenvalue weighted by Gasteiger charge is 2.52. The van der Waals surface area contributed by atoms with Gasteiger partial charge < -0.3 is 5.73 Å². The molecule has 0 spiro atoms. The molecule has 0 amide bonds. The van der Waals surface area contributed by atoms with Crippen molar-refractivity contribution in [2.75, 3.05) is 0 Å². The Morgan fingerprint density at radius 2 is 0.423 bits per heavy atom. The second-order valence-corrected chi connectivity index (χ2v) is 11.3. The van der Waals surface area contributed by atoms with Gasteiger partial charge in [-0.1, -0.05) is 6.42 Å². The summed E-state index contributed by atoms with van der Waals surface area (Å²) < 4.78 is 294. The van der Waals surface area contributed by atoms with E-state index in [0.717, 1.165) is 6.04 Å². The van der Waals surface area contributed by atoms with Crippen LogP contribution in [0.3, 0.4) is 0 Å². The number of hydrogen-bond acceptors (Lipinski definition) is 0. The first-order valence-electron chi connectivity index (χ1n) is 14.2. The van der Waals surface area contributed by atoms with Gasteiger partial charge in [0.1, 0.15) is 52.7 Å². The van der Waals surface area contributed by atoms with E-state index in [1.807, 2.05) is 0 Å². The lowest BCUT2D eigenvalue weighted by Crippen LogP contribution is -2.81. The summed E-state index contributed by atoms with van der Waals surface area (Å²) >= 11 is 0. The van der Waals surface area contributed by atoms with Crippen LogP contribution >= 0.6 is 0 Å². The summed E-state index contributed by atoms with van der Waals surface area (Å²) in [7, 11) is 0. The Morgan fingerprint density at radius 1 is 0.269 bits per heavy atom. The summed E-state index contributed by atoms with van der Waals surface area (Å²) in [6, 6.07) is 0.786. The topological polar surface area (TPSA) is 27.6 Å². The molecule has 4 aromatic rings. The summed E-state index contributed by atoms with van der Waals surface area (Å²) in [5.74, 6) is -71.4. The lowest BCUT2D eigenvalue weighted by molar-refractivity contribution is -0.425. The summed E-state index contributed by atoms with van der Waals surface area (Å²) in [6.07, 6.45) is -0.167. The minimum Gasteiger partial charge on any atom is -0.355 e. The van der Waals surface area contributed by atoms with Crippen LogP contribution in [0.25, 0.3) is 0 Å². The third kappa shape index (κ3) is 5.91. The second-order valence-electron chi connectivity index (χ2n) is 11.3. The number of rotatable bonds is 4. The van der Waals surface area contributed by atoms with Crippen molar-refractivity contribution in [1.29, 1.82) is 0 Å². The molecule has 0 bridgehead atoms. The standard InChI is InChI=1S/C24BF20.C6H13N/c26-5-1(6(27)14(35)21(42)13(5)34)25(2-7(28)15(36)22(43)16(37)8(2)29,3-9(30)17(38)23(44)18(39)10(3)31)4-11(32)19(40)24(45)20(41)12(4)33;7-6-4-2-1-3-5-6/h;6H,1-5,7H2/q-1;/p+1. The van der Waals surface area contributed by atoms with Gasteiger partial charge in [-0.2, -0.15) is 0 Å². The zero-order valence-electron chi connectivity index (χ0n) is 25.0. The number of halogens is 20. The molecular weight excluding hydrogens is 765 g/mol. The van der Waals surface area contributed by atoms with Gasteiger partial charge in [0.25, 0.3) is 0 Å². The van der Waals surface area contributed by atoms with Crippen molar-refractivity contribution >= 4 is 28.0 Å². The third-order valence-electron chi connectivity index (χ3n) is 8.43. The lowest BCUT2D eigenvalue weighted by Gasteiger charge is -2.44. The van der Waals surface area contributed by atoms with E-state index in [0.29, 0.717) is 0 Å². The van der Waals surface area contributed by atoms with E-state index in [1.165, 1.54) is 32.1 Å². The van der Waals surface area contributed by atoms with E-state index in [2.05, 4.69) is 5.73 Å². The Bertz CT molecular complexity index is 1710. The molecule has 4 aromatic carbocycles. The molecule has 5 rings (SSSR count). The first kappa shape index (κ1) is 40.3. The predicted octanol–water partition coefficient (Wildman–Crippen LogP) is 6.41. The predicted molar refractivity (Wildman–Crippen MR) is 139 cm³/mol. The highest BCUT2D eigenvalue weighted by atomic mass is 19.2. The summed E-state index contributed by atoms with van der Waals surface area (Å²) in [6.45, 7) is 0. The van der Waals surface area contributed by atoms with Crippen LogP contribution in [-0.2, 0) is 0 Å². The minimum absolute atomic E-state index is 0.786. The molecule has 0 aromatic heterocycles. The molecule has 0 aliphatic heterocycles. The molecule has 1 aliphatic carbocycles. The average molecular weight is 779 g/mol. The van der Waals surface area contributed by atoms with Crippen LogP contribution in [0.15, 0.2) is 0 Å². The van der Waals surface area contributed by atoms with Crippen LogP contribution in [0.4, 0.5) is 87.8 Å². The Kier molecular flexibility index (Phi) is 11.2. The van der Waals surface area contributed by atoms with E-state index in [-0.39, 0.29) is 0 Å².